The summed E-state index contributed by atoms with van der Waals surface area (Å²) < 4.78 is 5.31. The molecule has 1 saturated heterocycles. The van der Waals surface area contributed by atoms with Gasteiger partial charge in [-0.15, -0.1) is 35.3 Å². The quantitative estimate of drug-likeness (QED) is 0.225. The number of hydrogen-bond donors (Lipinski definition) is 3. The Labute approximate surface area is 193 Å². The smallest absolute Gasteiger partial charge is 0.407 e. The summed E-state index contributed by atoms with van der Waals surface area (Å²) in [5, 5.41) is 11.0. The van der Waals surface area contributed by atoms with Crippen molar-refractivity contribution in [2.75, 3.05) is 33.2 Å². The molecule has 1 atom stereocenters. The Morgan fingerprint density at radius 3 is 2.66 bits per heavy atom. The van der Waals surface area contributed by atoms with E-state index in [9.17, 15) is 9.59 Å². The molecular weight excluding hydrogens is 505 g/mol. The van der Waals surface area contributed by atoms with Crippen molar-refractivity contribution in [3.8, 4) is 0 Å². The minimum atomic E-state index is -0.501. The van der Waals surface area contributed by atoms with Crippen LogP contribution in [0.4, 0.5) is 4.79 Å². The molecule has 1 aliphatic rings. The molecule has 2 amide bonds. The highest BCUT2D eigenvalue weighted by atomic mass is 127. The lowest BCUT2D eigenvalue weighted by Crippen LogP contribution is -2.44. The Morgan fingerprint density at radius 1 is 1.31 bits per heavy atom. The van der Waals surface area contributed by atoms with E-state index in [2.05, 4.69) is 25.8 Å². The largest absolute Gasteiger partial charge is 0.444 e. The lowest BCUT2D eigenvalue weighted by molar-refractivity contribution is 0.0507. The molecule has 0 aromatic carbocycles. The number of halogens is 1. The fourth-order valence-corrected chi connectivity index (χ4v) is 3.50. The molecule has 0 saturated carbocycles. The molecule has 1 aromatic rings. The highest BCUT2D eigenvalue weighted by Crippen LogP contribution is 2.12. The number of alkyl carbamates (subject to hydrolysis) is 1. The third kappa shape index (κ3) is 9.20. The van der Waals surface area contributed by atoms with Crippen LogP contribution in [0.3, 0.4) is 0 Å². The van der Waals surface area contributed by atoms with Gasteiger partial charge in [0.05, 0.1) is 10.9 Å². The van der Waals surface area contributed by atoms with Crippen molar-refractivity contribution >= 4 is 53.3 Å². The lowest BCUT2D eigenvalue weighted by atomic mass is 10.2. The number of guanidine groups is 1. The zero-order valence-electron chi connectivity index (χ0n) is 17.5. The van der Waals surface area contributed by atoms with Crippen LogP contribution < -0.4 is 16.0 Å². The van der Waals surface area contributed by atoms with Crippen molar-refractivity contribution in [3.63, 3.8) is 0 Å². The first-order valence-corrected chi connectivity index (χ1v) is 10.4. The summed E-state index contributed by atoms with van der Waals surface area (Å²) in [6, 6.07) is 3.72. The van der Waals surface area contributed by atoms with Crippen LogP contribution in [-0.4, -0.2) is 67.7 Å². The van der Waals surface area contributed by atoms with Gasteiger partial charge in [0.15, 0.2) is 5.96 Å². The number of likely N-dealkylation sites (tertiary alicyclic amines) is 1. The van der Waals surface area contributed by atoms with Crippen molar-refractivity contribution in [3.05, 3.63) is 22.4 Å². The van der Waals surface area contributed by atoms with Gasteiger partial charge in [-0.25, -0.2) is 4.79 Å². The van der Waals surface area contributed by atoms with Gasteiger partial charge in [-0.1, -0.05) is 6.07 Å². The molecule has 0 radical (unpaired) electrons. The number of rotatable bonds is 6. The first-order chi connectivity index (χ1) is 13.3. The third-order valence-electron chi connectivity index (χ3n) is 4.09. The minimum absolute atomic E-state index is 0. The number of carbonyl (C=O) groups excluding carboxylic acids is 2. The molecule has 1 aliphatic heterocycles. The number of hydrogen-bond acceptors (Lipinski definition) is 5. The Bertz CT molecular complexity index is 676. The van der Waals surface area contributed by atoms with E-state index in [4.69, 9.17) is 4.74 Å². The number of amides is 2. The van der Waals surface area contributed by atoms with E-state index in [1.54, 1.807) is 7.05 Å². The Morgan fingerprint density at radius 2 is 2.03 bits per heavy atom. The topological polar surface area (TPSA) is 95.1 Å². The summed E-state index contributed by atoms with van der Waals surface area (Å²) in [6.45, 7) is 8.36. The summed E-state index contributed by atoms with van der Waals surface area (Å²) in [4.78, 5) is 31.0. The van der Waals surface area contributed by atoms with Crippen LogP contribution in [-0.2, 0) is 4.74 Å². The van der Waals surface area contributed by atoms with E-state index in [0.29, 0.717) is 19.6 Å². The van der Waals surface area contributed by atoms with Gasteiger partial charge in [-0.05, 0) is 45.1 Å². The van der Waals surface area contributed by atoms with Gasteiger partial charge >= 0.3 is 6.09 Å². The van der Waals surface area contributed by atoms with Gasteiger partial charge in [-0.3, -0.25) is 9.79 Å². The molecule has 29 heavy (non-hydrogen) atoms. The lowest BCUT2D eigenvalue weighted by Gasteiger charge is -2.23. The highest BCUT2D eigenvalue weighted by Gasteiger charge is 2.27. The fourth-order valence-electron chi connectivity index (χ4n) is 2.86. The number of nitrogens with one attached hydrogen (secondary N) is 3. The van der Waals surface area contributed by atoms with E-state index < -0.39 is 5.60 Å². The second kappa shape index (κ2) is 12.2. The van der Waals surface area contributed by atoms with Crippen LogP contribution in [0.5, 0.6) is 0 Å². The first kappa shape index (κ1) is 25.5. The normalized spacial score (nSPS) is 16.8. The maximum Gasteiger partial charge on any atom is 0.407 e. The summed E-state index contributed by atoms with van der Waals surface area (Å²) in [6.07, 6.45) is 1.25. The summed E-state index contributed by atoms with van der Waals surface area (Å²) >= 11 is 1.43. The zero-order valence-corrected chi connectivity index (χ0v) is 20.6. The molecule has 0 aliphatic carbocycles. The fraction of sp³-hybridized carbons (Fsp3) is 0.632. The van der Waals surface area contributed by atoms with Crippen molar-refractivity contribution in [1.29, 1.82) is 0 Å². The number of nitrogens with zero attached hydrogens (tertiary/aromatic N) is 2. The molecule has 1 aromatic heterocycles. The molecule has 0 bridgehead atoms. The summed E-state index contributed by atoms with van der Waals surface area (Å²) in [5.74, 6) is 0.771. The van der Waals surface area contributed by atoms with Gasteiger partial charge in [-0.2, -0.15) is 0 Å². The van der Waals surface area contributed by atoms with Crippen molar-refractivity contribution in [2.45, 2.75) is 45.3 Å². The zero-order chi connectivity index (χ0) is 20.6. The maximum atomic E-state index is 11.9. The second-order valence-corrected chi connectivity index (χ2v) is 8.59. The van der Waals surface area contributed by atoms with Crippen molar-refractivity contribution < 1.29 is 14.3 Å². The predicted molar refractivity (Wildman–Crippen MR) is 127 cm³/mol. The molecule has 0 spiro atoms. The highest BCUT2D eigenvalue weighted by molar-refractivity contribution is 14.0. The van der Waals surface area contributed by atoms with Crippen molar-refractivity contribution in [2.24, 2.45) is 4.99 Å². The van der Waals surface area contributed by atoms with Gasteiger partial charge in [0, 0.05) is 33.2 Å². The monoisotopic (exact) mass is 537 g/mol. The van der Waals surface area contributed by atoms with Crippen LogP contribution in [0, 0.1) is 0 Å². The molecule has 1 unspecified atom stereocenters. The third-order valence-corrected chi connectivity index (χ3v) is 4.96. The molecule has 10 heteroatoms. The second-order valence-electron chi connectivity index (χ2n) is 7.64. The number of aliphatic imine (C=N–C) groups is 1. The van der Waals surface area contributed by atoms with Gasteiger partial charge < -0.3 is 25.6 Å². The number of carbonyl (C=O) groups is 2. The molecule has 8 nitrogen and oxygen atoms in total. The number of ether oxygens (including phenoxy) is 1. The van der Waals surface area contributed by atoms with Crippen LogP contribution in [0.1, 0.15) is 43.3 Å². The summed E-state index contributed by atoms with van der Waals surface area (Å²) in [7, 11) is 1.75. The molecular formula is C19H32IN5O3S. The molecule has 2 rings (SSSR count). The van der Waals surface area contributed by atoms with Crippen LogP contribution in [0.2, 0.25) is 0 Å². The Balaban J connectivity index is 0.00000420. The minimum Gasteiger partial charge on any atom is -0.444 e. The maximum absolute atomic E-state index is 11.9. The molecule has 2 heterocycles. The standard InChI is InChI=1S/C19H31N5O3S.HI/c1-19(2,3)27-18(26)23-14-8-11-24(13-14)17(20-4)22-10-6-9-21-16(25)15-7-5-12-28-15;/h5,7,12,14H,6,8-11,13H2,1-4H3,(H,20,22)(H,21,25)(H,23,26);1H. The van der Waals surface area contributed by atoms with Gasteiger partial charge in [0.2, 0.25) is 0 Å². The van der Waals surface area contributed by atoms with Gasteiger partial charge in [0.1, 0.15) is 5.60 Å². The van der Waals surface area contributed by atoms with Crippen LogP contribution in [0.15, 0.2) is 22.5 Å². The first-order valence-electron chi connectivity index (χ1n) is 9.55. The van der Waals surface area contributed by atoms with Crippen LogP contribution >= 0.6 is 35.3 Å². The average molecular weight is 537 g/mol. The average Bonchev–Trinajstić information content (AvgIpc) is 3.28. The molecule has 164 valence electrons. The van der Waals surface area contributed by atoms with E-state index in [0.717, 1.165) is 30.2 Å². The van der Waals surface area contributed by atoms with Crippen LogP contribution in [0.25, 0.3) is 0 Å². The van der Waals surface area contributed by atoms with E-state index >= 15 is 0 Å². The van der Waals surface area contributed by atoms with E-state index in [1.165, 1.54) is 11.3 Å². The summed E-state index contributed by atoms with van der Waals surface area (Å²) in [5.41, 5.74) is -0.501. The molecule has 1 fully saturated rings. The van der Waals surface area contributed by atoms with E-state index in [1.807, 2.05) is 38.3 Å². The predicted octanol–water partition coefficient (Wildman–Crippen LogP) is 2.66. The van der Waals surface area contributed by atoms with Crippen molar-refractivity contribution in [1.82, 2.24) is 20.9 Å². The Hall–Kier alpha value is -1.56. The SMILES string of the molecule is CN=C(NCCCNC(=O)c1cccs1)N1CCC(NC(=O)OC(C)(C)C)C1.I. The van der Waals surface area contributed by atoms with E-state index in [-0.39, 0.29) is 42.0 Å². The number of thiophene rings is 1. The van der Waals surface area contributed by atoms with Gasteiger partial charge in [0.25, 0.3) is 5.91 Å². The molecule has 3 N–H and O–H groups in total. The Kier molecular flexibility index (Phi) is 10.7.